The molecule has 26 heavy (non-hydrogen) atoms. The van der Waals surface area contributed by atoms with E-state index in [1.165, 1.54) is 30.4 Å². The molecule has 0 aromatic heterocycles. The monoisotopic (exact) mass is 347 g/mol. The Balaban J connectivity index is 1.59. The molecule has 6 rings (SSSR count). The van der Waals surface area contributed by atoms with Crippen LogP contribution in [0, 0.1) is 5.92 Å². The number of para-hydroxylation sites is 1. The first-order valence-corrected chi connectivity index (χ1v) is 10.1. The number of piperidine rings is 1. The molecule has 3 heteroatoms. The average molecular weight is 347 g/mol. The zero-order valence-electron chi connectivity index (χ0n) is 15.1. The molecule has 134 valence electrons. The lowest BCUT2D eigenvalue weighted by atomic mass is 9.62. The largest absolute Gasteiger partial charge is 0.472 e. The highest BCUT2D eigenvalue weighted by Crippen LogP contribution is 2.64. The van der Waals surface area contributed by atoms with Gasteiger partial charge in [-0.15, -0.1) is 0 Å². The van der Waals surface area contributed by atoms with Gasteiger partial charge >= 0.3 is 0 Å². The van der Waals surface area contributed by atoms with Gasteiger partial charge in [0.25, 0.3) is 0 Å². The number of benzene rings is 2. The van der Waals surface area contributed by atoms with Gasteiger partial charge in [-0.1, -0.05) is 55.0 Å². The maximum Gasteiger partial charge on any atom is 0.169 e. The SMILES string of the molecule is c1ccc([C@H]2C[C@@]34OCCN3[C@]3(CCCC[C@H]23)Oc2ccccc24)cc1. The maximum absolute atomic E-state index is 6.90. The van der Waals surface area contributed by atoms with Crippen molar-refractivity contribution >= 4 is 0 Å². The molecule has 3 aliphatic heterocycles. The van der Waals surface area contributed by atoms with E-state index in [4.69, 9.17) is 9.47 Å². The Morgan fingerprint density at radius 2 is 1.81 bits per heavy atom. The maximum atomic E-state index is 6.90. The Hall–Kier alpha value is -1.84. The van der Waals surface area contributed by atoms with Crippen LogP contribution in [-0.2, 0) is 10.5 Å². The normalized spacial score (nSPS) is 38.0. The summed E-state index contributed by atoms with van der Waals surface area (Å²) in [6.07, 6.45) is 5.94. The molecular weight excluding hydrogens is 322 g/mol. The summed E-state index contributed by atoms with van der Waals surface area (Å²) in [7, 11) is 0. The van der Waals surface area contributed by atoms with Crippen LogP contribution in [-0.4, -0.2) is 23.8 Å². The van der Waals surface area contributed by atoms with E-state index in [1.54, 1.807) is 0 Å². The van der Waals surface area contributed by atoms with E-state index in [0.29, 0.717) is 11.8 Å². The van der Waals surface area contributed by atoms with Crippen molar-refractivity contribution < 1.29 is 9.47 Å². The first-order chi connectivity index (χ1) is 12.8. The third kappa shape index (κ3) is 1.80. The van der Waals surface area contributed by atoms with Crippen molar-refractivity contribution in [3.8, 4) is 5.75 Å². The predicted molar refractivity (Wildman–Crippen MR) is 99.9 cm³/mol. The molecule has 0 N–H and O–H groups in total. The second-order valence-electron chi connectivity index (χ2n) is 8.30. The highest BCUT2D eigenvalue weighted by atomic mass is 16.6. The van der Waals surface area contributed by atoms with E-state index in [2.05, 4.69) is 59.5 Å². The molecule has 0 amide bonds. The molecule has 2 aromatic rings. The van der Waals surface area contributed by atoms with Gasteiger partial charge in [-0.3, -0.25) is 0 Å². The number of nitrogens with zero attached hydrogens (tertiary/aromatic N) is 1. The van der Waals surface area contributed by atoms with E-state index in [1.807, 2.05) is 0 Å². The van der Waals surface area contributed by atoms with Gasteiger partial charge < -0.3 is 9.47 Å². The van der Waals surface area contributed by atoms with Crippen molar-refractivity contribution in [1.29, 1.82) is 0 Å². The van der Waals surface area contributed by atoms with Crippen molar-refractivity contribution in [2.45, 2.75) is 49.5 Å². The molecule has 0 unspecified atom stereocenters. The molecule has 1 aliphatic carbocycles. The van der Waals surface area contributed by atoms with E-state index in [-0.39, 0.29) is 11.4 Å². The molecule has 1 saturated carbocycles. The summed E-state index contributed by atoms with van der Waals surface area (Å²) < 4.78 is 13.5. The summed E-state index contributed by atoms with van der Waals surface area (Å²) in [5, 5.41) is 0. The van der Waals surface area contributed by atoms with Crippen molar-refractivity contribution in [3.05, 3.63) is 65.7 Å². The lowest BCUT2D eigenvalue weighted by Crippen LogP contribution is -2.71. The first-order valence-electron chi connectivity index (χ1n) is 10.1. The zero-order valence-corrected chi connectivity index (χ0v) is 15.1. The van der Waals surface area contributed by atoms with Gasteiger partial charge in [0.05, 0.1) is 6.61 Å². The zero-order chi connectivity index (χ0) is 17.2. The fraction of sp³-hybridized carbons (Fsp3) is 0.478. The van der Waals surface area contributed by atoms with Gasteiger partial charge in [0.2, 0.25) is 0 Å². The molecule has 3 nitrogen and oxygen atoms in total. The van der Waals surface area contributed by atoms with E-state index < -0.39 is 0 Å². The van der Waals surface area contributed by atoms with Crippen LogP contribution in [0.3, 0.4) is 0 Å². The van der Waals surface area contributed by atoms with Crippen LogP contribution in [0.1, 0.15) is 49.1 Å². The summed E-state index contributed by atoms with van der Waals surface area (Å²) in [5.74, 6) is 2.06. The molecule has 2 bridgehead atoms. The standard InChI is InChI=1S/C23H25NO2/c1-2-8-17(9-3-1)18-16-23-20-11-4-5-12-21(20)26-22(24(23)14-15-25-23)13-7-6-10-19(18)22/h1-5,8-9,11-12,18-19H,6-7,10,13-16H2/t18-,19-,22-,23+/m1/s1. The van der Waals surface area contributed by atoms with Crippen LogP contribution < -0.4 is 4.74 Å². The summed E-state index contributed by atoms with van der Waals surface area (Å²) in [5.41, 5.74) is 2.15. The van der Waals surface area contributed by atoms with Crippen LogP contribution in [0.15, 0.2) is 54.6 Å². The van der Waals surface area contributed by atoms with Gasteiger partial charge in [-0.05, 0) is 30.4 Å². The fourth-order valence-electron chi connectivity index (χ4n) is 6.31. The van der Waals surface area contributed by atoms with E-state index >= 15 is 0 Å². The fourth-order valence-corrected chi connectivity index (χ4v) is 6.31. The van der Waals surface area contributed by atoms with Crippen molar-refractivity contribution in [3.63, 3.8) is 0 Å². The lowest BCUT2D eigenvalue weighted by Gasteiger charge is -2.63. The molecule has 3 fully saturated rings. The molecule has 2 saturated heterocycles. The predicted octanol–water partition coefficient (Wildman–Crippen LogP) is 4.64. The first kappa shape index (κ1) is 15.2. The van der Waals surface area contributed by atoms with E-state index in [0.717, 1.165) is 31.7 Å². The van der Waals surface area contributed by atoms with Crippen LogP contribution in [0.2, 0.25) is 0 Å². The quantitative estimate of drug-likeness (QED) is 0.750. The van der Waals surface area contributed by atoms with Gasteiger partial charge in [0, 0.05) is 30.9 Å². The Labute approximate surface area is 154 Å². The number of ether oxygens (including phenoxy) is 2. The molecular formula is C23H25NO2. The molecule has 4 atom stereocenters. The Bertz CT molecular complexity index is 837. The number of hydrogen-bond donors (Lipinski definition) is 0. The molecule has 1 spiro atoms. The van der Waals surface area contributed by atoms with Crippen LogP contribution in [0.5, 0.6) is 5.75 Å². The Morgan fingerprint density at radius 1 is 0.962 bits per heavy atom. The molecule has 4 aliphatic rings. The van der Waals surface area contributed by atoms with E-state index in [9.17, 15) is 0 Å². The van der Waals surface area contributed by atoms with Gasteiger partial charge in [0.1, 0.15) is 5.75 Å². The lowest BCUT2D eigenvalue weighted by molar-refractivity contribution is -0.281. The number of fused-ring (bicyclic) bond motifs is 1. The summed E-state index contributed by atoms with van der Waals surface area (Å²) in [4.78, 5) is 2.60. The highest BCUT2D eigenvalue weighted by molar-refractivity contribution is 5.44. The van der Waals surface area contributed by atoms with Gasteiger partial charge in [-0.25, -0.2) is 4.90 Å². The van der Waals surface area contributed by atoms with Crippen molar-refractivity contribution in [1.82, 2.24) is 4.90 Å². The third-order valence-corrected chi connectivity index (χ3v) is 7.23. The Morgan fingerprint density at radius 3 is 2.73 bits per heavy atom. The summed E-state index contributed by atoms with van der Waals surface area (Å²) in [6.45, 7) is 1.78. The molecule has 3 heterocycles. The van der Waals surface area contributed by atoms with Crippen LogP contribution >= 0.6 is 0 Å². The highest BCUT2D eigenvalue weighted by Gasteiger charge is 2.67. The van der Waals surface area contributed by atoms with Crippen molar-refractivity contribution in [2.24, 2.45) is 5.92 Å². The van der Waals surface area contributed by atoms with Crippen LogP contribution in [0.4, 0.5) is 0 Å². The second-order valence-corrected chi connectivity index (χ2v) is 8.30. The summed E-state index contributed by atoms with van der Waals surface area (Å²) in [6, 6.07) is 19.7. The van der Waals surface area contributed by atoms with Crippen molar-refractivity contribution in [2.75, 3.05) is 13.2 Å². The minimum atomic E-state index is -0.316. The minimum absolute atomic E-state index is 0.206. The van der Waals surface area contributed by atoms with Gasteiger partial charge in [0.15, 0.2) is 11.4 Å². The average Bonchev–Trinajstić information content (AvgIpc) is 3.15. The number of rotatable bonds is 1. The minimum Gasteiger partial charge on any atom is -0.472 e. The topological polar surface area (TPSA) is 21.7 Å². The summed E-state index contributed by atoms with van der Waals surface area (Å²) >= 11 is 0. The molecule has 2 aromatic carbocycles. The van der Waals surface area contributed by atoms with Crippen LogP contribution in [0.25, 0.3) is 0 Å². The smallest absolute Gasteiger partial charge is 0.169 e. The second kappa shape index (κ2) is 5.34. The Kier molecular flexibility index (Phi) is 3.13. The molecule has 0 radical (unpaired) electrons. The number of hydrogen-bond acceptors (Lipinski definition) is 3. The third-order valence-electron chi connectivity index (χ3n) is 7.23. The van der Waals surface area contributed by atoms with Gasteiger partial charge in [-0.2, -0.15) is 0 Å².